The van der Waals surface area contributed by atoms with Gasteiger partial charge in [-0.05, 0) is 6.42 Å². The van der Waals surface area contributed by atoms with E-state index in [1.54, 1.807) is 0 Å². The molecule has 1 aliphatic heterocycles. The first-order valence-corrected chi connectivity index (χ1v) is 4.14. The summed E-state index contributed by atoms with van der Waals surface area (Å²) in [6.07, 6.45) is -3.79. The predicted octanol–water partition coefficient (Wildman–Crippen LogP) is 1.33. The van der Waals surface area contributed by atoms with Crippen molar-refractivity contribution in [2.24, 2.45) is 0 Å². The van der Waals surface area contributed by atoms with Gasteiger partial charge in [-0.25, -0.2) is 4.98 Å². The number of hydrogen-bond donors (Lipinski definition) is 1. The molecule has 0 aromatic carbocycles. The fourth-order valence-electron chi connectivity index (χ4n) is 1.33. The van der Waals surface area contributed by atoms with Gasteiger partial charge in [-0.2, -0.15) is 13.2 Å². The molecule has 0 amide bonds. The smallest absolute Gasteiger partial charge is 0.381 e. The lowest BCUT2D eigenvalue weighted by Crippen LogP contribution is -2.08. The largest absolute Gasteiger partial charge is 0.453 e. The standard InChI is InChI=1S/C7H8F3N3O/c8-7(9,10)6-11-5(12-13-6)4-1-2-14-3-4/h4H,1-3H2,(H,11,12,13). The van der Waals surface area contributed by atoms with Gasteiger partial charge in [-0.15, -0.1) is 5.10 Å². The molecule has 0 bridgehead atoms. The Hall–Kier alpha value is -1.11. The van der Waals surface area contributed by atoms with Gasteiger partial charge in [0.25, 0.3) is 5.82 Å². The zero-order chi connectivity index (χ0) is 10.2. The van der Waals surface area contributed by atoms with E-state index in [0.29, 0.717) is 19.6 Å². The molecule has 78 valence electrons. The lowest BCUT2D eigenvalue weighted by molar-refractivity contribution is -0.144. The number of nitrogens with zero attached hydrogens (tertiary/aromatic N) is 2. The van der Waals surface area contributed by atoms with Crippen molar-refractivity contribution in [3.8, 4) is 0 Å². The van der Waals surface area contributed by atoms with E-state index in [2.05, 4.69) is 15.2 Å². The van der Waals surface area contributed by atoms with Gasteiger partial charge >= 0.3 is 6.18 Å². The SMILES string of the molecule is FC(F)(F)c1n[nH]c(C2CCOC2)n1. The number of ether oxygens (including phenoxy) is 1. The molecule has 7 heteroatoms. The molecule has 1 saturated heterocycles. The molecule has 14 heavy (non-hydrogen) atoms. The second-order valence-electron chi connectivity index (χ2n) is 3.10. The van der Waals surface area contributed by atoms with Gasteiger partial charge in [-0.3, -0.25) is 5.10 Å². The number of H-pyrrole nitrogens is 1. The molecule has 0 radical (unpaired) electrons. The highest BCUT2D eigenvalue weighted by Gasteiger charge is 2.37. The molecule has 0 spiro atoms. The fraction of sp³-hybridized carbons (Fsp3) is 0.714. The second kappa shape index (κ2) is 3.23. The van der Waals surface area contributed by atoms with Crippen molar-refractivity contribution in [2.75, 3.05) is 13.2 Å². The molecule has 1 aromatic heterocycles. The van der Waals surface area contributed by atoms with Crippen LogP contribution in [-0.4, -0.2) is 28.4 Å². The van der Waals surface area contributed by atoms with Gasteiger partial charge < -0.3 is 4.74 Å². The average molecular weight is 207 g/mol. The first-order valence-electron chi connectivity index (χ1n) is 4.14. The molecule has 0 saturated carbocycles. The minimum Gasteiger partial charge on any atom is -0.381 e. The summed E-state index contributed by atoms with van der Waals surface area (Å²) >= 11 is 0. The van der Waals surface area contributed by atoms with Gasteiger partial charge in [0.1, 0.15) is 5.82 Å². The highest BCUT2D eigenvalue weighted by molar-refractivity contribution is 5.01. The molecular formula is C7H8F3N3O. The molecule has 1 fully saturated rings. The van der Waals surface area contributed by atoms with Crippen LogP contribution in [0, 0.1) is 0 Å². The van der Waals surface area contributed by atoms with Crippen molar-refractivity contribution >= 4 is 0 Å². The Labute approximate surface area is 77.5 Å². The maximum absolute atomic E-state index is 12.1. The van der Waals surface area contributed by atoms with Crippen LogP contribution in [0.25, 0.3) is 0 Å². The summed E-state index contributed by atoms with van der Waals surface area (Å²) < 4.78 is 41.4. The summed E-state index contributed by atoms with van der Waals surface area (Å²) in [6.45, 7) is 0.971. The van der Waals surface area contributed by atoms with Crippen LogP contribution in [0.15, 0.2) is 0 Å². The highest BCUT2D eigenvalue weighted by Crippen LogP contribution is 2.28. The van der Waals surface area contributed by atoms with Gasteiger partial charge in [0, 0.05) is 12.5 Å². The first-order chi connectivity index (χ1) is 6.57. The second-order valence-corrected chi connectivity index (χ2v) is 3.10. The Morgan fingerprint density at radius 3 is 2.71 bits per heavy atom. The average Bonchev–Trinajstić information content (AvgIpc) is 2.73. The maximum Gasteiger partial charge on any atom is 0.453 e. The van der Waals surface area contributed by atoms with E-state index in [1.807, 2.05) is 0 Å². The molecule has 1 unspecified atom stereocenters. The summed E-state index contributed by atoms with van der Waals surface area (Å²) in [5, 5.41) is 5.41. The van der Waals surface area contributed by atoms with E-state index < -0.39 is 12.0 Å². The molecule has 0 aliphatic carbocycles. The molecule has 1 atom stereocenters. The number of rotatable bonds is 1. The van der Waals surface area contributed by atoms with Gasteiger partial charge in [0.05, 0.1) is 6.61 Å². The molecular weight excluding hydrogens is 199 g/mol. The van der Waals surface area contributed by atoms with Crippen LogP contribution >= 0.6 is 0 Å². The van der Waals surface area contributed by atoms with Gasteiger partial charge in [0.2, 0.25) is 0 Å². The Kier molecular flexibility index (Phi) is 2.18. The third kappa shape index (κ3) is 1.72. The normalized spacial score (nSPS) is 22.9. The van der Waals surface area contributed by atoms with E-state index in [-0.39, 0.29) is 11.7 Å². The number of alkyl halides is 3. The topological polar surface area (TPSA) is 50.8 Å². The Morgan fingerprint density at radius 2 is 2.21 bits per heavy atom. The van der Waals surface area contributed by atoms with Crippen LogP contribution in [0.5, 0.6) is 0 Å². The number of aromatic amines is 1. The summed E-state index contributed by atoms with van der Waals surface area (Å²) in [6, 6.07) is 0. The van der Waals surface area contributed by atoms with Crippen LogP contribution in [0.3, 0.4) is 0 Å². The van der Waals surface area contributed by atoms with Gasteiger partial charge in [-0.1, -0.05) is 0 Å². The lowest BCUT2D eigenvalue weighted by Gasteiger charge is -2.01. The minimum atomic E-state index is -4.48. The van der Waals surface area contributed by atoms with E-state index in [9.17, 15) is 13.2 Å². The van der Waals surface area contributed by atoms with Crippen LogP contribution in [0.1, 0.15) is 24.0 Å². The van der Waals surface area contributed by atoms with E-state index in [1.165, 1.54) is 0 Å². The molecule has 1 N–H and O–H groups in total. The zero-order valence-corrected chi connectivity index (χ0v) is 7.14. The number of halogens is 3. The zero-order valence-electron chi connectivity index (χ0n) is 7.14. The van der Waals surface area contributed by atoms with Crippen molar-refractivity contribution in [1.29, 1.82) is 0 Å². The third-order valence-electron chi connectivity index (χ3n) is 2.07. The van der Waals surface area contributed by atoms with Crippen molar-refractivity contribution < 1.29 is 17.9 Å². The highest BCUT2D eigenvalue weighted by atomic mass is 19.4. The number of aromatic nitrogens is 3. The summed E-state index contributed by atoms with van der Waals surface area (Å²) in [4.78, 5) is 3.39. The Balaban J connectivity index is 2.17. The quantitative estimate of drug-likeness (QED) is 0.755. The van der Waals surface area contributed by atoms with Crippen LogP contribution in [0.4, 0.5) is 13.2 Å². The Bertz CT molecular complexity index is 316. The van der Waals surface area contributed by atoms with Crippen LogP contribution in [-0.2, 0) is 10.9 Å². The molecule has 2 rings (SSSR count). The number of nitrogens with one attached hydrogen (secondary N) is 1. The number of hydrogen-bond acceptors (Lipinski definition) is 3. The molecule has 2 heterocycles. The van der Waals surface area contributed by atoms with E-state index in [0.717, 1.165) is 0 Å². The summed E-state index contributed by atoms with van der Waals surface area (Å²) in [7, 11) is 0. The van der Waals surface area contributed by atoms with Crippen molar-refractivity contribution in [1.82, 2.24) is 15.2 Å². The molecule has 1 aliphatic rings. The van der Waals surface area contributed by atoms with Gasteiger partial charge in [0.15, 0.2) is 0 Å². The third-order valence-corrected chi connectivity index (χ3v) is 2.07. The van der Waals surface area contributed by atoms with Crippen LogP contribution in [0.2, 0.25) is 0 Å². The van der Waals surface area contributed by atoms with Crippen molar-refractivity contribution in [2.45, 2.75) is 18.5 Å². The predicted molar refractivity (Wildman–Crippen MR) is 39.6 cm³/mol. The molecule has 4 nitrogen and oxygen atoms in total. The van der Waals surface area contributed by atoms with Crippen molar-refractivity contribution in [3.63, 3.8) is 0 Å². The van der Waals surface area contributed by atoms with Crippen LogP contribution < -0.4 is 0 Å². The van der Waals surface area contributed by atoms with Crippen molar-refractivity contribution in [3.05, 3.63) is 11.6 Å². The minimum absolute atomic E-state index is 0.0846. The Morgan fingerprint density at radius 1 is 1.43 bits per heavy atom. The lowest BCUT2D eigenvalue weighted by atomic mass is 10.1. The fourth-order valence-corrected chi connectivity index (χ4v) is 1.33. The first kappa shape index (κ1) is 9.45. The monoisotopic (exact) mass is 207 g/mol. The van der Waals surface area contributed by atoms with E-state index >= 15 is 0 Å². The summed E-state index contributed by atoms with van der Waals surface area (Å²) in [5.41, 5.74) is 0. The molecule has 1 aromatic rings. The summed E-state index contributed by atoms with van der Waals surface area (Å²) in [5.74, 6) is -0.937. The van der Waals surface area contributed by atoms with E-state index in [4.69, 9.17) is 4.74 Å². The maximum atomic E-state index is 12.1.